The maximum atomic E-state index is 12.1. The lowest BCUT2D eigenvalue weighted by molar-refractivity contribution is 0.0698. The van der Waals surface area contributed by atoms with Gasteiger partial charge in [-0.05, 0) is 36.4 Å². The number of hydrogen-bond acceptors (Lipinski definition) is 4. The molecule has 7 heteroatoms. The van der Waals surface area contributed by atoms with Gasteiger partial charge in [-0.25, -0.2) is 13.2 Å². The van der Waals surface area contributed by atoms with Crippen LogP contribution in [0.4, 0.5) is 5.69 Å². The van der Waals surface area contributed by atoms with Crippen LogP contribution in [-0.2, 0) is 10.0 Å². The van der Waals surface area contributed by atoms with E-state index in [1.165, 1.54) is 48.5 Å². The minimum Gasteiger partial charge on any atom is -0.508 e. The van der Waals surface area contributed by atoms with E-state index < -0.39 is 16.0 Å². The SMILES string of the molecule is O=C(O)c1ccccc1NS(=O)(=O)c1ccc(O)cc1. The van der Waals surface area contributed by atoms with Crippen molar-refractivity contribution in [1.29, 1.82) is 0 Å². The summed E-state index contributed by atoms with van der Waals surface area (Å²) in [5.74, 6) is -1.29. The normalized spacial score (nSPS) is 11.0. The number of carbonyl (C=O) groups is 1. The Balaban J connectivity index is 2.38. The highest BCUT2D eigenvalue weighted by Gasteiger charge is 2.17. The first kappa shape index (κ1) is 13.9. The lowest BCUT2D eigenvalue weighted by Crippen LogP contribution is -2.15. The number of rotatable bonds is 4. The Hall–Kier alpha value is -2.54. The number of nitrogens with one attached hydrogen (secondary N) is 1. The molecule has 0 atom stereocenters. The molecule has 2 aromatic carbocycles. The first-order valence-electron chi connectivity index (χ1n) is 5.54. The van der Waals surface area contributed by atoms with Crippen LogP contribution in [0.15, 0.2) is 53.4 Å². The van der Waals surface area contributed by atoms with E-state index in [1.807, 2.05) is 0 Å². The van der Waals surface area contributed by atoms with E-state index in [0.29, 0.717) is 0 Å². The summed E-state index contributed by atoms with van der Waals surface area (Å²) >= 11 is 0. The first-order chi connectivity index (χ1) is 9.40. The second-order valence-electron chi connectivity index (χ2n) is 3.95. The predicted octanol–water partition coefficient (Wildman–Crippen LogP) is 1.89. The van der Waals surface area contributed by atoms with Gasteiger partial charge in [0.15, 0.2) is 0 Å². The molecule has 0 aliphatic rings. The molecule has 2 aromatic rings. The quantitative estimate of drug-likeness (QED) is 0.798. The minimum atomic E-state index is -3.91. The third kappa shape index (κ3) is 2.89. The molecule has 0 saturated carbocycles. The van der Waals surface area contributed by atoms with Gasteiger partial charge in [-0.2, -0.15) is 0 Å². The predicted molar refractivity (Wildman–Crippen MR) is 72.3 cm³/mol. The van der Waals surface area contributed by atoms with Crippen molar-refractivity contribution in [2.45, 2.75) is 4.90 Å². The number of anilines is 1. The zero-order valence-electron chi connectivity index (χ0n) is 10.1. The molecule has 0 heterocycles. The fourth-order valence-electron chi connectivity index (χ4n) is 1.59. The van der Waals surface area contributed by atoms with Crippen LogP contribution in [0.25, 0.3) is 0 Å². The van der Waals surface area contributed by atoms with E-state index in [1.54, 1.807) is 0 Å². The van der Waals surface area contributed by atoms with Crippen LogP contribution in [-0.4, -0.2) is 24.6 Å². The number of phenolic OH excluding ortho intramolecular Hbond substituents is 1. The minimum absolute atomic E-state index is 0.0203. The van der Waals surface area contributed by atoms with Crippen molar-refractivity contribution in [3.63, 3.8) is 0 Å². The van der Waals surface area contributed by atoms with Gasteiger partial charge in [0.1, 0.15) is 5.75 Å². The molecule has 2 rings (SSSR count). The van der Waals surface area contributed by atoms with E-state index in [-0.39, 0.29) is 21.9 Å². The standard InChI is InChI=1S/C13H11NO5S/c15-9-5-7-10(8-6-9)20(18,19)14-12-4-2-1-3-11(12)13(16)17/h1-8,14-15H,(H,16,17). The third-order valence-corrected chi connectivity index (χ3v) is 3.93. The number of carboxylic acids is 1. The number of benzene rings is 2. The summed E-state index contributed by atoms with van der Waals surface area (Å²) in [5.41, 5.74) is -0.164. The number of aromatic carboxylic acids is 1. The molecular weight excluding hydrogens is 282 g/mol. The van der Waals surface area contributed by atoms with E-state index in [2.05, 4.69) is 4.72 Å². The molecule has 0 aromatic heterocycles. The van der Waals surface area contributed by atoms with Crippen molar-refractivity contribution < 1.29 is 23.4 Å². The monoisotopic (exact) mass is 293 g/mol. The zero-order valence-corrected chi connectivity index (χ0v) is 11.0. The summed E-state index contributed by atoms with van der Waals surface area (Å²) in [6.07, 6.45) is 0. The van der Waals surface area contributed by atoms with Crippen molar-refractivity contribution in [3.05, 3.63) is 54.1 Å². The number of hydrogen-bond donors (Lipinski definition) is 3. The zero-order chi connectivity index (χ0) is 14.8. The van der Waals surface area contributed by atoms with Crippen LogP contribution in [0, 0.1) is 0 Å². The largest absolute Gasteiger partial charge is 0.508 e. The summed E-state index contributed by atoms with van der Waals surface area (Å²) in [6.45, 7) is 0. The van der Waals surface area contributed by atoms with Crippen LogP contribution in [0.1, 0.15) is 10.4 Å². The number of phenols is 1. The van der Waals surface area contributed by atoms with Gasteiger partial charge in [-0.15, -0.1) is 0 Å². The lowest BCUT2D eigenvalue weighted by Gasteiger charge is -2.10. The van der Waals surface area contributed by atoms with Crippen LogP contribution in [0.3, 0.4) is 0 Å². The third-order valence-electron chi connectivity index (χ3n) is 2.55. The molecule has 0 unspecified atom stereocenters. The lowest BCUT2D eigenvalue weighted by atomic mass is 10.2. The van der Waals surface area contributed by atoms with E-state index >= 15 is 0 Å². The van der Waals surface area contributed by atoms with Crippen LogP contribution < -0.4 is 4.72 Å². The van der Waals surface area contributed by atoms with Crippen LogP contribution in [0.2, 0.25) is 0 Å². The van der Waals surface area contributed by atoms with Crippen LogP contribution in [0.5, 0.6) is 5.75 Å². The smallest absolute Gasteiger partial charge is 0.337 e. The number of aromatic hydroxyl groups is 1. The highest BCUT2D eigenvalue weighted by Crippen LogP contribution is 2.21. The van der Waals surface area contributed by atoms with Gasteiger partial charge in [0.05, 0.1) is 16.1 Å². The molecule has 0 aliphatic carbocycles. The Kier molecular flexibility index (Phi) is 3.62. The van der Waals surface area contributed by atoms with Gasteiger partial charge in [0.25, 0.3) is 10.0 Å². The maximum absolute atomic E-state index is 12.1. The van der Waals surface area contributed by atoms with Crippen molar-refractivity contribution in [3.8, 4) is 5.75 Å². The summed E-state index contributed by atoms with van der Waals surface area (Å²) in [6, 6.07) is 10.6. The Morgan fingerprint density at radius 1 is 1.00 bits per heavy atom. The van der Waals surface area contributed by atoms with Gasteiger partial charge in [-0.3, -0.25) is 4.72 Å². The van der Waals surface area contributed by atoms with Crippen molar-refractivity contribution in [1.82, 2.24) is 0 Å². The molecule has 6 nitrogen and oxygen atoms in total. The van der Waals surface area contributed by atoms with Crippen LogP contribution >= 0.6 is 0 Å². The fourth-order valence-corrected chi connectivity index (χ4v) is 2.67. The second kappa shape index (κ2) is 5.22. The molecule has 0 fully saturated rings. The topological polar surface area (TPSA) is 104 Å². The van der Waals surface area contributed by atoms with Crippen molar-refractivity contribution in [2.75, 3.05) is 4.72 Å². The summed E-state index contributed by atoms with van der Waals surface area (Å²) in [5, 5.41) is 18.1. The van der Waals surface area contributed by atoms with E-state index in [0.717, 1.165) is 0 Å². The van der Waals surface area contributed by atoms with Crippen molar-refractivity contribution in [2.24, 2.45) is 0 Å². The summed E-state index contributed by atoms with van der Waals surface area (Å²) < 4.78 is 26.4. The molecule has 0 aliphatic heterocycles. The molecule has 20 heavy (non-hydrogen) atoms. The number of para-hydroxylation sites is 1. The second-order valence-corrected chi connectivity index (χ2v) is 5.63. The Morgan fingerprint density at radius 3 is 2.20 bits per heavy atom. The van der Waals surface area contributed by atoms with E-state index in [4.69, 9.17) is 10.2 Å². The Bertz CT molecular complexity index is 738. The highest BCUT2D eigenvalue weighted by molar-refractivity contribution is 7.92. The molecule has 0 amide bonds. The molecule has 0 bridgehead atoms. The van der Waals surface area contributed by atoms with Gasteiger partial charge in [-0.1, -0.05) is 12.1 Å². The molecule has 0 radical (unpaired) electrons. The number of sulfonamides is 1. The van der Waals surface area contributed by atoms with Gasteiger partial charge < -0.3 is 10.2 Å². The first-order valence-corrected chi connectivity index (χ1v) is 7.02. The van der Waals surface area contributed by atoms with E-state index in [9.17, 15) is 13.2 Å². The molecular formula is C13H11NO5S. The fraction of sp³-hybridized carbons (Fsp3) is 0. The molecule has 0 spiro atoms. The maximum Gasteiger partial charge on any atom is 0.337 e. The summed E-state index contributed by atoms with van der Waals surface area (Å²) in [7, 11) is -3.91. The van der Waals surface area contributed by atoms with Gasteiger partial charge in [0.2, 0.25) is 0 Å². The van der Waals surface area contributed by atoms with Gasteiger partial charge >= 0.3 is 5.97 Å². The van der Waals surface area contributed by atoms with Gasteiger partial charge in [0, 0.05) is 0 Å². The Morgan fingerprint density at radius 2 is 1.60 bits per heavy atom. The molecule has 0 saturated heterocycles. The summed E-state index contributed by atoms with van der Waals surface area (Å²) in [4.78, 5) is 10.9. The molecule has 104 valence electrons. The molecule has 3 N–H and O–H groups in total. The van der Waals surface area contributed by atoms with Crippen molar-refractivity contribution >= 4 is 21.7 Å². The highest BCUT2D eigenvalue weighted by atomic mass is 32.2. The average Bonchev–Trinajstić information content (AvgIpc) is 2.39. The number of carboxylic acid groups (broad SMARTS) is 1. The Labute approximate surface area is 115 Å². The average molecular weight is 293 g/mol.